The van der Waals surface area contributed by atoms with E-state index in [4.69, 9.17) is 10.3 Å². The molecule has 3 rings (SSSR count). The molecule has 1 aromatic heterocycles. The smallest absolute Gasteiger partial charge is 0.225 e. The van der Waals surface area contributed by atoms with Crippen molar-refractivity contribution in [2.75, 3.05) is 18.8 Å². The summed E-state index contributed by atoms with van der Waals surface area (Å²) in [5.74, 6) is 0.492. The fourth-order valence-electron chi connectivity index (χ4n) is 2.47. The minimum atomic E-state index is 0.492. The van der Waals surface area contributed by atoms with Crippen molar-refractivity contribution in [2.24, 2.45) is 0 Å². The fourth-order valence-corrected chi connectivity index (χ4v) is 2.47. The molecule has 2 N–H and O–H groups in total. The molecule has 0 bridgehead atoms. The van der Waals surface area contributed by atoms with Gasteiger partial charge in [0.05, 0.1) is 5.69 Å². The predicted molar refractivity (Wildman–Crippen MR) is 70.0 cm³/mol. The highest BCUT2D eigenvalue weighted by Crippen LogP contribution is 2.21. The second-order valence-electron chi connectivity index (χ2n) is 4.73. The van der Waals surface area contributed by atoms with Gasteiger partial charge in [0.25, 0.3) is 0 Å². The van der Waals surface area contributed by atoms with Crippen molar-refractivity contribution < 1.29 is 4.52 Å². The van der Waals surface area contributed by atoms with Gasteiger partial charge in [-0.1, -0.05) is 35.5 Å². The molecular weight excluding hydrogens is 226 g/mol. The number of hydrogen-bond acceptors (Lipinski definition) is 4. The summed E-state index contributed by atoms with van der Waals surface area (Å²) in [5, 5.41) is 4.03. The highest BCUT2D eigenvalue weighted by Gasteiger charge is 2.19. The molecule has 0 unspecified atom stereocenters. The van der Waals surface area contributed by atoms with Gasteiger partial charge in [-0.2, -0.15) is 0 Å². The van der Waals surface area contributed by atoms with E-state index in [1.807, 2.05) is 6.07 Å². The van der Waals surface area contributed by atoms with E-state index >= 15 is 0 Å². The molecule has 0 saturated heterocycles. The molecule has 18 heavy (non-hydrogen) atoms. The van der Waals surface area contributed by atoms with Crippen molar-refractivity contribution in [3.8, 4) is 0 Å². The highest BCUT2D eigenvalue weighted by atomic mass is 16.5. The molecule has 0 aliphatic carbocycles. The number of nitrogen functional groups attached to an aromatic ring is 1. The lowest BCUT2D eigenvalue weighted by Crippen LogP contribution is -2.26. The second kappa shape index (κ2) is 4.82. The summed E-state index contributed by atoms with van der Waals surface area (Å²) in [4.78, 5) is 2.44. The Morgan fingerprint density at radius 1 is 1.17 bits per heavy atom. The third kappa shape index (κ3) is 2.24. The lowest BCUT2D eigenvalue weighted by Gasteiger charge is -2.19. The van der Waals surface area contributed by atoms with Gasteiger partial charge in [0.1, 0.15) is 0 Å². The Kier molecular flexibility index (Phi) is 3.02. The quantitative estimate of drug-likeness (QED) is 0.874. The number of fused-ring (bicyclic) bond motifs is 1. The minimum absolute atomic E-state index is 0.492. The maximum Gasteiger partial charge on any atom is 0.225 e. The molecular formula is C14H17N3O. The van der Waals surface area contributed by atoms with Gasteiger partial charge in [0, 0.05) is 31.6 Å². The van der Waals surface area contributed by atoms with Crippen molar-refractivity contribution >= 4 is 5.88 Å². The lowest BCUT2D eigenvalue weighted by atomic mass is 10.1. The Hall–Kier alpha value is -1.81. The van der Waals surface area contributed by atoms with Crippen molar-refractivity contribution in [3.05, 3.63) is 47.2 Å². The molecule has 1 aliphatic heterocycles. The number of benzene rings is 1. The van der Waals surface area contributed by atoms with Gasteiger partial charge >= 0.3 is 0 Å². The Labute approximate surface area is 106 Å². The summed E-state index contributed by atoms with van der Waals surface area (Å²) in [6, 6.07) is 10.6. The molecule has 4 heteroatoms. The molecule has 1 aliphatic rings. The molecule has 2 heterocycles. The number of anilines is 1. The average Bonchev–Trinajstić information content (AvgIpc) is 2.63. The molecule has 0 radical (unpaired) electrons. The molecule has 94 valence electrons. The van der Waals surface area contributed by atoms with Crippen molar-refractivity contribution in [3.63, 3.8) is 0 Å². The maximum atomic E-state index is 5.78. The second-order valence-corrected chi connectivity index (χ2v) is 4.73. The summed E-state index contributed by atoms with van der Waals surface area (Å²) in [6.07, 6.45) is 1.85. The van der Waals surface area contributed by atoms with Crippen LogP contribution < -0.4 is 5.73 Å². The minimum Gasteiger partial charge on any atom is -0.367 e. The number of hydrogen-bond donors (Lipinski definition) is 1. The molecule has 0 atom stereocenters. The van der Waals surface area contributed by atoms with E-state index < -0.39 is 0 Å². The summed E-state index contributed by atoms with van der Waals surface area (Å²) >= 11 is 0. The highest BCUT2D eigenvalue weighted by molar-refractivity contribution is 5.39. The van der Waals surface area contributed by atoms with Crippen LogP contribution in [0.3, 0.4) is 0 Å². The van der Waals surface area contributed by atoms with Crippen molar-refractivity contribution in [1.82, 2.24) is 10.1 Å². The monoisotopic (exact) mass is 243 g/mol. The number of aromatic nitrogens is 1. The van der Waals surface area contributed by atoms with E-state index in [-0.39, 0.29) is 0 Å². The van der Waals surface area contributed by atoms with Crippen LogP contribution in [0.5, 0.6) is 0 Å². The molecule has 0 fully saturated rings. The fraction of sp³-hybridized carbons (Fsp3) is 0.357. The topological polar surface area (TPSA) is 55.3 Å². The van der Waals surface area contributed by atoms with E-state index in [0.29, 0.717) is 5.88 Å². The number of rotatable bonds is 2. The molecule has 0 saturated carbocycles. The Morgan fingerprint density at radius 3 is 2.78 bits per heavy atom. The first-order valence-electron chi connectivity index (χ1n) is 6.32. The van der Waals surface area contributed by atoms with Gasteiger partial charge in [-0.15, -0.1) is 0 Å². The third-order valence-electron chi connectivity index (χ3n) is 3.49. The third-order valence-corrected chi connectivity index (χ3v) is 3.49. The Bertz CT molecular complexity index is 521. The van der Waals surface area contributed by atoms with Gasteiger partial charge < -0.3 is 10.3 Å². The van der Waals surface area contributed by atoms with Crippen molar-refractivity contribution in [2.45, 2.75) is 19.4 Å². The van der Waals surface area contributed by atoms with Gasteiger partial charge in [0.2, 0.25) is 5.88 Å². The summed E-state index contributed by atoms with van der Waals surface area (Å²) in [6.45, 7) is 3.00. The van der Waals surface area contributed by atoms with Crippen LogP contribution in [0.4, 0.5) is 5.88 Å². The standard InChI is InChI=1S/C14H17N3O/c15-14-12-6-8-17(9-7-13(12)16-18-14)10-11-4-2-1-3-5-11/h1-5H,6-10,15H2. The van der Waals surface area contributed by atoms with Crippen LogP contribution in [0.25, 0.3) is 0 Å². The van der Waals surface area contributed by atoms with E-state index in [1.165, 1.54) is 5.56 Å². The maximum absolute atomic E-state index is 5.78. The SMILES string of the molecule is Nc1onc2c1CCN(Cc1ccccc1)CC2. The zero-order valence-electron chi connectivity index (χ0n) is 10.3. The molecule has 1 aromatic carbocycles. The van der Waals surface area contributed by atoms with Crippen molar-refractivity contribution in [1.29, 1.82) is 0 Å². The number of nitrogens with zero attached hydrogens (tertiary/aromatic N) is 2. The van der Waals surface area contributed by atoms with Crippen LogP contribution in [0.2, 0.25) is 0 Å². The first-order valence-corrected chi connectivity index (χ1v) is 6.32. The summed E-state index contributed by atoms with van der Waals surface area (Å²) < 4.78 is 5.04. The van der Waals surface area contributed by atoms with Gasteiger partial charge in [-0.05, 0) is 12.0 Å². The molecule has 2 aromatic rings. The Balaban J connectivity index is 1.68. The van der Waals surface area contributed by atoms with Crippen LogP contribution in [0.15, 0.2) is 34.9 Å². The van der Waals surface area contributed by atoms with Crippen LogP contribution in [-0.2, 0) is 19.4 Å². The van der Waals surface area contributed by atoms with Crippen LogP contribution in [-0.4, -0.2) is 23.1 Å². The lowest BCUT2D eigenvalue weighted by molar-refractivity contribution is 0.275. The zero-order valence-corrected chi connectivity index (χ0v) is 10.3. The first-order chi connectivity index (χ1) is 8.83. The summed E-state index contributed by atoms with van der Waals surface area (Å²) in [5.41, 5.74) is 9.27. The molecule has 0 spiro atoms. The number of nitrogens with two attached hydrogens (primary N) is 1. The van der Waals surface area contributed by atoms with Crippen LogP contribution >= 0.6 is 0 Å². The summed E-state index contributed by atoms with van der Waals surface area (Å²) in [7, 11) is 0. The van der Waals surface area contributed by atoms with E-state index in [2.05, 4.69) is 34.3 Å². The van der Waals surface area contributed by atoms with Gasteiger partial charge in [-0.25, -0.2) is 0 Å². The van der Waals surface area contributed by atoms with Crippen LogP contribution in [0.1, 0.15) is 16.8 Å². The van der Waals surface area contributed by atoms with Gasteiger partial charge in [-0.3, -0.25) is 4.90 Å². The van der Waals surface area contributed by atoms with Gasteiger partial charge in [0.15, 0.2) is 0 Å². The predicted octanol–water partition coefficient (Wildman–Crippen LogP) is 1.86. The average molecular weight is 243 g/mol. The normalized spacial score (nSPS) is 16.2. The zero-order chi connectivity index (χ0) is 12.4. The van der Waals surface area contributed by atoms with E-state index in [1.54, 1.807) is 0 Å². The largest absolute Gasteiger partial charge is 0.367 e. The Morgan fingerprint density at radius 2 is 1.94 bits per heavy atom. The molecule has 0 amide bonds. The van der Waals surface area contributed by atoms with E-state index in [9.17, 15) is 0 Å². The van der Waals surface area contributed by atoms with Crippen LogP contribution in [0, 0.1) is 0 Å². The first kappa shape index (κ1) is 11.3. The molecule has 4 nitrogen and oxygen atoms in total. The van der Waals surface area contributed by atoms with E-state index in [0.717, 1.165) is 43.7 Å².